The first kappa shape index (κ1) is 17.7. The van der Waals surface area contributed by atoms with E-state index in [1.165, 1.54) is 0 Å². The standard InChI is InChI=1S/C21H20N4O3/c1-26-16-9-13(10-17(27-2)19(16)28-3)14-11-15(12-7-5-4-6-8-12)23-21-18(14)20(22)24-25-21/h4-11H,1-3H3,(H3,22,23,24,25). The molecule has 4 aromatic rings. The Bertz CT molecular complexity index is 1110. The molecule has 0 amide bonds. The van der Waals surface area contributed by atoms with E-state index in [0.29, 0.717) is 28.7 Å². The number of anilines is 1. The number of rotatable bonds is 5. The van der Waals surface area contributed by atoms with E-state index < -0.39 is 0 Å². The Kier molecular flexibility index (Phi) is 4.49. The normalized spacial score (nSPS) is 10.8. The second-order valence-electron chi connectivity index (χ2n) is 6.17. The van der Waals surface area contributed by atoms with Crippen LogP contribution in [0.15, 0.2) is 48.5 Å². The Hall–Kier alpha value is -3.74. The van der Waals surface area contributed by atoms with Crippen LogP contribution in [0.2, 0.25) is 0 Å². The van der Waals surface area contributed by atoms with Crippen molar-refractivity contribution >= 4 is 16.9 Å². The summed E-state index contributed by atoms with van der Waals surface area (Å²) >= 11 is 0. The molecule has 7 nitrogen and oxygen atoms in total. The number of hydrogen-bond donors (Lipinski definition) is 2. The van der Waals surface area contributed by atoms with Crippen molar-refractivity contribution in [2.45, 2.75) is 0 Å². The van der Waals surface area contributed by atoms with Gasteiger partial charge in [0.1, 0.15) is 5.82 Å². The van der Waals surface area contributed by atoms with Crippen LogP contribution in [0, 0.1) is 0 Å². The van der Waals surface area contributed by atoms with E-state index in [1.807, 2.05) is 48.5 Å². The fraction of sp³-hybridized carbons (Fsp3) is 0.143. The summed E-state index contributed by atoms with van der Waals surface area (Å²) in [5, 5.41) is 7.83. The van der Waals surface area contributed by atoms with Crippen molar-refractivity contribution < 1.29 is 14.2 Å². The van der Waals surface area contributed by atoms with Gasteiger partial charge in [0.25, 0.3) is 0 Å². The number of hydrogen-bond acceptors (Lipinski definition) is 6. The third-order valence-electron chi connectivity index (χ3n) is 4.60. The Labute approximate surface area is 162 Å². The van der Waals surface area contributed by atoms with E-state index in [-0.39, 0.29) is 0 Å². The molecule has 0 aliphatic rings. The number of nitrogen functional groups attached to an aromatic ring is 1. The number of benzene rings is 2. The number of aromatic amines is 1. The summed E-state index contributed by atoms with van der Waals surface area (Å²) in [5.74, 6) is 2.10. The number of aromatic nitrogens is 3. The molecule has 0 fully saturated rings. The Balaban J connectivity index is 2.01. The van der Waals surface area contributed by atoms with E-state index >= 15 is 0 Å². The molecule has 0 saturated heterocycles. The number of ether oxygens (including phenoxy) is 3. The van der Waals surface area contributed by atoms with E-state index in [4.69, 9.17) is 19.9 Å². The average molecular weight is 376 g/mol. The lowest BCUT2D eigenvalue weighted by atomic mass is 9.99. The number of nitrogens with one attached hydrogen (secondary N) is 1. The van der Waals surface area contributed by atoms with Gasteiger partial charge in [0, 0.05) is 5.56 Å². The van der Waals surface area contributed by atoms with Crippen molar-refractivity contribution in [2.24, 2.45) is 0 Å². The molecule has 142 valence electrons. The number of nitrogens with zero attached hydrogens (tertiary/aromatic N) is 2. The van der Waals surface area contributed by atoms with Crippen molar-refractivity contribution in [3.05, 3.63) is 48.5 Å². The van der Waals surface area contributed by atoms with Crippen LogP contribution in [0.3, 0.4) is 0 Å². The van der Waals surface area contributed by atoms with Crippen LogP contribution in [-0.4, -0.2) is 36.5 Å². The SMILES string of the molecule is COc1cc(-c2cc(-c3ccccc3)nc3n[nH]c(N)c23)cc(OC)c1OC. The molecule has 0 aliphatic carbocycles. The molecule has 2 aromatic heterocycles. The van der Waals surface area contributed by atoms with Gasteiger partial charge in [0.15, 0.2) is 17.1 Å². The number of fused-ring (bicyclic) bond motifs is 1. The summed E-state index contributed by atoms with van der Waals surface area (Å²) < 4.78 is 16.4. The summed E-state index contributed by atoms with van der Waals surface area (Å²) in [4.78, 5) is 4.66. The van der Waals surface area contributed by atoms with Gasteiger partial charge in [-0.25, -0.2) is 4.98 Å². The number of pyridine rings is 1. The van der Waals surface area contributed by atoms with Gasteiger partial charge >= 0.3 is 0 Å². The van der Waals surface area contributed by atoms with Crippen LogP contribution < -0.4 is 19.9 Å². The summed E-state index contributed by atoms with van der Waals surface area (Å²) in [6.45, 7) is 0. The zero-order chi connectivity index (χ0) is 19.7. The second kappa shape index (κ2) is 7.11. The maximum atomic E-state index is 6.16. The van der Waals surface area contributed by atoms with E-state index in [0.717, 1.165) is 27.8 Å². The molecule has 0 aliphatic heterocycles. The lowest BCUT2D eigenvalue weighted by Crippen LogP contribution is -1.97. The second-order valence-corrected chi connectivity index (χ2v) is 6.17. The molecule has 0 saturated carbocycles. The van der Waals surface area contributed by atoms with Crippen molar-refractivity contribution in [3.8, 4) is 39.6 Å². The fourth-order valence-electron chi connectivity index (χ4n) is 3.27. The summed E-state index contributed by atoms with van der Waals surface area (Å²) in [5.41, 5.74) is 10.2. The molecule has 2 aromatic carbocycles. The third kappa shape index (κ3) is 2.87. The molecule has 0 unspecified atom stereocenters. The molecule has 0 radical (unpaired) electrons. The first-order chi connectivity index (χ1) is 13.7. The molecule has 2 heterocycles. The lowest BCUT2D eigenvalue weighted by Gasteiger charge is -2.15. The first-order valence-electron chi connectivity index (χ1n) is 8.66. The lowest BCUT2D eigenvalue weighted by molar-refractivity contribution is 0.324. The van der Waals surface area contributed by atoms with Crippen LogP contribution in [-0.2, 0) is 0 Å². The molecule has 28 heavy (non-hydrogen) atoms. The largest absolute Gasteiger partial charge is 0.493 e. The maximum absolute atomic E-state index is 6.16. The molecule has 0 atom stereocenters. The predicted molar refractivity (Wildman–Crippen MR) is 109 cm³/mol. The molecule has 0 bridgehead atoms. The molecular formula is C21H20N4O3. The van der Waals surface area contributed by atoms with Crippen LogP contribution in [0.25, 0.3) is 33.4 Å². The average Bonchev–Trinajstić information content (AvgIpc) is 3.13. The molecule has 3 N–H and O–H groups in total. The van der Waals surface area contributed by atoms with Gasteiger partial charge in [-0.15, -0.1) is 0 Å². The van der Waals surface area contributed by atoms with Gasteiger partial charge in [-0.05, 0) is 29.3 Å². The van der Waals surface area contributed by atoms with Crippen molar-refractivity contribution in [1.82, 2.24) is 15.2 Å². The molecular weight excluding hydrogens is 356 g/mol. The van der Waals surface area contributed by atoms with E-state index in [2.05, 4.69) is 15.2 Å². The van der Waals surface area contributed by atoms with E-state index in [1.54, 1.807) is 21.3 Å². The number of methoxy groups -OCH3 is 3. The van der Waals surface area contributed by atoms with Crippen molar-refractivity contribution in [3.63, 3.8) is 0 Å². The summed E-state index contributed by atoms with van der Waals surface area (Å²) in [6, 6.07) is 15.7. The van der Waals surface area contributed by atoms with Crippen LogP contribution in [0.4, 0.5) is 5.82 Å². The maximum Gasteiger partial charge on any atom is 0.203 e. The number of H-pyrrole nitrogens is 1. The fourth-order valence-corrected chi connectivity index (χ4v) is 3.27. The van der Waals surface area contributed by atoms with Gasteiger partial charge < -0.3 is 19.9 Å². The van der Waals surface area contributed by atoms with Gasteiger partial charge in [-0.3, -0.25) is 5.10 Å². The molecule has 4 rings (SSSR count). The monoisotopic (exact) mass is 376 g/mol. The minimum absolute atomic E-state index is 0.450. The zero-order valence-corrected chi connectivity index (χ0v) is 15.8. The molecule has 7 heteroatoms. The highest BCUT2D eigenvalue weighted by molar-refractivity contribution is 6.02. The van der Waals surface area contributed by atoms with Gasteiger partial charge in [0.2, 0.25) is 5.75 Å². The smallest absolute Gasteiger partial charge is 0.203 e. The summed E-state index contributed by atoms with van der Waals surface area (Å²) in [7, 11) is 4.75. The topological polar surface area (TPSA) is 95.3 Å². The number of nitrogens with two attached hydrogens (primary N) is 1. The Morgan fingerprint density at radius 2 is 1.54 bits per heavy atom. The Morgan fingerprint density at radius 3 is 2.14 bits per heavy atom. The van der Waals surface area contributed by atoms with Gasteiger partial charge in [0.05, 0.1) is 32.4 Å². The quantitative estimate of drug-likeness (QED) is 0.548. The predicted octanol–water partition coefficient (Wildman–Crippen LogP) is 3.90. The molecule has 0 spiro atoms. The minimum atomic E-state index is 0.450. The summed E-state index contributed by atoms with van der Waals surface area (Å²) in [6.07, 6.45) is 0. The van der Waals surface area contributed by atoms with Crippen molar-refractivity contribution in [1.29, 1.82) is 0 Å². The highest BCUT2D eigenvalue weighted by atomic mass is 16.5. The minimum Gasteiger partial charge on any atom is -0.493 e. The first-order valence-corrected chi connectivity index (χ1v) is 8.66. The van der Waals surface area contributed by atoms with Gasteiger partial charge in [-0.1, -0.05) is 30.3 Å². The Morgan fingerprint density at radius 1 is 0.857 bits per heavy atom. The van der Waals surface area contributed by atoms with E-state index in [9.17, 15) is 0 Å². The highest BCUT2D eigenvalue weighted by Gasteiger charge is 2.19. The van der Waals surface area contributed by atoms with Crippen LogP contribution in [0.1, 0.15) is 0 Å². The van der Waals surface area contributed by atoms with Crippen LogP contribution >= 0.6 is 0 Å². The third-order valence-corrected chi connectivity index (χ3v) is 4.60. The highest BCUT2D eigenvalue weighted by Crippen LogP contribution is 2.43. The van der Waals surface area contributed by atoms with Crippen molar-refractivity contribution in [2.75, 3.05) is 27.1 Å². The van der Waals surface area contributed by atoms with Crippen LogP contribution in [0.5, 0.6) is 17.2 Å². The van der Waals surface area contributed by atoms with Gasteiger partial charge in [-0.2, -0.15) is 5.10 Å². The zero-order valence-electron chi connectivity index (χ0n) is 15.8.